The van der Waals surface area contributed by atoms with Crippen LogP contribution >= 0.6 is 0 Å². The van der Waals surface area contributed by atoms with Crippen molar-refractivity contribution in [2.45, 2.75) is 52.5 Å². The smallest absolute Gasteiger partial charge is 0.219 e. The van der Waals surface area contributed by atoms with Gasteiger partial charge >= 0.3 is 0 Å². The van der Waals surface area contributed by atoms with Gasteiger partial charge in [-0.25, -0.2) is 0 Å². The molecule has 35 heavy (non-hydrogen) atoms. The minimum Gasteiger partial charge on any atom is -0.618 e. The Bertz CT molecular complexity index is 1030. The zero-order valence-corrected chi connectivity index (χ0v) is 21.0. The molecule has 0 unspecified atom stereocenters. The zero-order valence-electron chi connectivity index (χ0n) is 21.0. The molecule has 2 aromatic rings. The molecule has 0 N–H and O–H groups in total. The fourth-order valence-corrected chi connectivity index (χ4v) is 4.40. The molecule has 0 radical (unpaired) electrons. The molecule has 0 amide bonds. The molecule has 2 spiro atoms. The zero-order chi connectivity index (χ0) is 24.7. The van der Waals surface area contributed by atoms with Gasteiger partial charge in [0.2, 0.25) is 17.3 Å². The highest BCUT2D eigenvalue weighted by atomic mass is 16.7. The number of rotatable bonds is 0. The molecule has 8 nitrogen and oxygen atoms in total. The molecule has 6 aliphatic rings. The van der Waals surface area contributed by atoms with Crippen molar-refractivity contribution >= 4 is 0 Å². The van der Waals surface area contributed by atoms with Crippen LogP contribution in [-0.4, -0.2) is 39.6 Å². The fraction of sp³-hybridized carbons (Fsp3) is 0.593. The van der Waals surface area contributed by atoms with E-state index in [4.69, 9.17) is 28.4 Å². The summed E-state index contributed by atoms with van der Waals surface area (Å²) in [6.45, 7) is 11.3. The van der Waals surface area contributed by atoms with Gasteiger partial charge in [0, 0.05) is 33.6 Å². The third-order valence-electron chi connectivity index (χ3n) is 6.71. The molecule has 0 atom stereocenters. The van der Waals surface area contributed by atoms with Gasteiger partial charge in [-0.05, 0) is 6.07 Å². The molecule has 2 fully saturated rings. The van der Waals surface area contributed by atoms with E-state index in [9.17, 15) is 5.21 Å². The van der Waals surface area contributed by atoms with Crippen LogP contribution in [0.5, 0.6) is 0 Å². The van der Waals surface area contributed by atoms with E-state index >= 15 is 0 Å². The van der Waals surface area contributed by atoms with Crippen LogP contribution in [-0.2, 0) is 53.2 Å². The van der Waals surface area contributed by atoms with Crippen molar-refractivity contribution in [2.24, 2.45) is 10.8 Å². The Hall–Kier alpha value is -2.07. The first kappa shape index (κ1) is 24.6. The monoisotopic (exact) mass is 485 g/mol. The third-order valence-corrected chi connectivity index (χ3v) is 6.71. The van der Waals surface area contributed by atoms with E-state index < -0.39 is 11.6 Å². The van der Waals surface area contributed by atoms with Gasteiger partial charge in [0.1, 0.15) is 19.8 Å². The lowest BCUT2D eigenvalue weighted by Crippen LogP contribution is -2.49. The quantitative estimate of drug-likeness (QED) is 0.417. The van der Waals surface area contributed by atoms with E-state index in [-0.39, 0.29) is 37.3 Å². The molecule has 8 rings (SSSR count). The van der Waals surface area contributed by atoms with Crippen molar-refractivity contribution in [3.05, 3.63) is 70.2 Å². The average Bonchev–Trinajstić information content (AvgIpc) is 2.83. The summed E-state index contributed by atoms with van der Waals surface area (Å²) in [4.78, 5) is 0. The van der Waals surface area contributed by atoms with Crippen molar-refractivity contribution in [2.75, 3.05) is 39.6 Å². The lowest BCUT2D eigenvalue weighted by atomic mass is 9.92. The van der Waals surface area contributed by atoms with Crippen molar-refractivity contribution in [1.82, 2.24) is 0 Å². The summed E-state index contributed by atoms with van der Waals surface area (Å²) < 4.78 is 38.1. The first-order valence-corrected chi connectivity index (χ1v) is 12.1. The topological polar surface area (TPSA) is 82.3 Å². The van der Waals surface area contributed by atoms with E-state index in [2.05, 4.69) is 27.7 Å². The molecule has 4 bridgehead atoms. The van der Waals surface area contributed by atoms with E-state index in [1.807, 2.05) is 30.3 Å². The molecule has 1 aromatic carbocycles. The Balaban J connectivity index is 1.51. The van der Waals surface area contributed by atoms with Gasteiger partial charge in [0.15, 0.2) is 6.20 Å². The predicted molar refractivity (Wildman–Crippen MR) is 126 cm³/mol. The molecular weight excluding hydrogens is 450 g/mol. The fourth-order valence-electron chi connectivity index (χ4n) is 4.40. The highest BCUT2D eigenvalue weighted by Crippen LogP contribution is 2.40. The molecule has 2 saturated heterocycles. The lowest BCUT2D eigenvalue weighted by Gasteiger charge is -2.44. The molecule has 0 aliphatic carbocycles. The highest BCUT2D eigenvalue weighted by Gasteiger charge is 2.45. The highest BCUT2D eigenvalue weighted by molar-refractivity contribution is 5.30. The van der Waals surface area contributed by atoms with Gasteiger partial charge in [-0.15, -0.1) is 0 Å². The van der Waals surface area contributed by atoms with Gasteiger partial charge in [-0.2, -0.15) is 4.73 Å². The van der Waals surface area contributed by atoms with Crippen LogP contribution < -0.4 is 4.73 Å². The van der Waals surface area contributed by atoms with Crippen LogP contribution in [0.15, 0.2) is 42.6 Å². The first-order chi connectivity index (χ1) is 16.6. The van der Waals surface area contributed by atoms with Gasteiger partial charge in [0.05, 0.1) is 33.0 Å². The molecule has 7 heterocycles. The molecule has 8 heteroatoms. The minimum absolute atomic E-state index is 0.0949. The summed E-state index contributed by atoms with van der Waals surface area (Å²) in [5.41, 5.74) is 2.75. The molecule has 1 aromatic heterocycles. The Labute approximate surface area is 206 Å². The molecule has 190 valence electrons. The SMILES string of the molecule is CC1(C)COC2(COCc3ccc([n+]([O-])c3)COCC3(OCC(C)(C)CO3)c3ccc2cc3)OC1. The number of aromatic nitrogens is 1. The van der Waals surface area contributed by atoms with Crippen LogP contribution in [0.2, 0.25) is 0 Å². The summed E-state index contributed by atoms with van der Waals surface area (Å²) in [5, 5.41) is 12.6. The standard InChI is InChI=1S/C27H35NO7/c1-24(2)14-32-26(33-15-24)18-30-12-20-5-10-23(28(29)11-20)13-31-19-27(22-8-6-21(26)7-9-22)34-16-25(3,4)17-35-27/h5-11H,12-19H2,1-4H3. The number of hydrogen-bond acceptors (Lipinski definition) is 7. The van der Waals surface area contributed by atoms with Gasteiger partial charge < -0.3 is 33.6 Å². The van der Waals surface area contributed by atoms with Crippen molar-refractivity contribution in [1.29, 1.82) is 0 Å². The predicted octanol–water partition coefficient (Wildman–Crippen LogP) is 3.52. The minimum atomic E-state index is -1.07. The van der Waals surface area contributed by atoms with E-state index in [1.165, 1.54) is 6.20 Å². The summed E-state index contributed by atoms with van der Waals surface area (Å²) in [7, 11) is 0. The Kier molecular flexibility index (Phi) is 6.40. The van der Waals surface area contributed by atoms with Crippen molar-refractivity contribution < 1.29 is 33.2 Å². The summed E-state index contributed by atoms with van der Waals surface area (Å²) >= 11 is 0. The number of nitrogens with zero attached hydrogens (tertiary/aromatic N) is 1. The van der Waals surface area contributed by atoms with E-state index in [0.717, 1.165) is 21.4 Å². The maximum atomic E-state index is 12.6. The van der Waals surface area contributed by atoms with Crippen molar-refractivity contribution in [3.8, 4) is 0 Å². The van der Waals surface area contributed by atoms with Crippen molar-refractivity contribution in [3.63, 3.8) is 0 Å². The molecule has 6 aliphatic heterocycles. The van der Waals surface area contributed by atoms with Crippen LogP contribution in [0, 0.1) is 16.0 Å². The Morgan fingerprint density at radius 1 is 0.629 bits per heavy atom. The average molecular weight is 486 g/mol. The largest absolute Gasteiger partial charge is 0.618 e. The summed E-state index contributed by atoms with van der Waals surface area (Å²) in [5.74, 6) is -2.11. The number of ether oxygens (including phenoxy) is 6. The van der Waals surface area contributed by atoms with Crippen LogP contribution in [0.4, 0.5) is 0 Å². The second-order valence-corrected chi connectivity index (χ2v) is 11.4. The van der Waals surface area contributed by atoms with E-state index in [1.54, 1.807) is 6.07 Å². The maximum Gasteiger partial charge on any atom is 0.219 e. The first-order valence-electron chi connectivity index (χ1n) is 12.1. The van der Waals surface area contributed by atoms with Gasteiger partial charge in [0.25, 0.3) is 0 Å². The number of hydrogen-bond donors (Lipinski definition) is 0. The normalized spacial score (nSPS) is 25.1. The Morgan fingerprint density at radius 2 is 1.09 bits per heavy atom. The van der Waals surface area contributed by atoms with Crippen LogP contribution in [0.3, 0.4) is 0 Å². The summed E-state index contributed by atoms with van der Waals surface area (Å²) in [6.07, 6.45) is 1.52. The maximum absolute atomic E-state index is 12.6. The van der Waals surface area contributed by atoms with Crippen LogP contribution in [0.25, 0.3) is 0 Å². The van der Waals surface area contributed by atoms with E-state index in [0.29, 0.717) is 32.1 Å². The van der Waals surface area contributed by atoms with Gasteiger partial charge in [-0.1, -0.05) is 52.0 Å². The number of pyridine rings is 1. The second-order valence-electron chi connectivity index (χ2n) is 11.4. The van der Waals surface area contributed by atoms with Gasteiger partial charge in [-0.3, -0.25) is 0 Å². The van der Waals surface area contributed by atoms with Crippen LogP contribution in [0.1, 0.15) is 50.1 Å². The summed E-state index contributed by atoms with van der Waals surface area (Å²) in [6, 6.07) is 11.5. The third kappa shape index (κ3) is 5.09. The second kappa shape index (κ2) is 9.10. The Morgan fingerprint density at radius 3 is 1.54 bits per heavy atom. The molecule has 0 saturated carbocycles. The number of benzene rings is 1. The lowest BCUT2D eigenvalue weighted by molar-refractivity contribution is -0.617. The molecular formula is C27H35NO7.